The topological polar surface area (TPSA) is 40.5 Å². The third kappa shape index (κ3) is 3.80. The van der Waals surface area contributed by atoms with Crippen molar-refractivity contribution < 1.29 is 9.90 Å². The maximum atomic E-state index is 10.9. The molecule has 3 heteroatoms. The molecule has 1 saturated carbocycles. The molecule has 0 aromatic heterocycles. The first-order chi connectivity index (χ1) is 9.06. The highest BCUT2D eigenvalue weighted by atomic mass is 16.4. The summed E-state index contributed by atoms with van der Waals surface area (Å²) in [7, 11) is 2.16. The summed E-state index contributed by atoms with van der Waals surface area (Å²) >= 11 is 0. The number of benzene rings is 1. The highest BCUT2D eigenvalue weighted by Gasteiger charge is 2.17. The normalized spacial score (nSPS) is 16.2. The van der Waals surface area contributed by atoms with E-state index in [1.807, 2.05) is 13.0 Å². The van der Waals surface area contributed by atoms with Crippen molar-refractivity contribution in [2.45, 2.75) is 39.2 Å². The number of aromatic carboxylic acids is 1. The van der Waals surface area contributed by atoms with Crippen molar-refractivity contribution in [1.29, 1.82) is 0 Å². The van der Waals surface area contributed by atoms with Gasteiger partial charge >= 0.3 is 5.97 Å². The van der Waals surface area contributed by atoms with Gasteiger partial charge in [-0.25, -0.2) is 4.79 Å². The molecular weight excluding hydrogens is 238 g/mol. The minimum absolute atomic E-state index is 0.375. The Morgan fingerprint density at radius 3 is 2.63 bits per heavy atom. The van der Waals surface area contributed by atoms with Crippen molar-refractivity contribution in [3.63, 3.8) is 0 Å². The van der Waals surface area contributed by atoms with E-state index >= 15 is 0 Å². The van der Waals surface area contributed by atoms with E-state index in [0.29, 0.717) is 5.56 Å². The van der Waals surface area contributed by atoms with Gasteiger partial charge in [0, 0.05) is 13.1 Å². The first-order valence-electron chi connectivity index (χ1n) is 7.07. The van der Waals surface area contributed by atoms with Crippen LogP contribution < -0.4 is 0 Å². The number of carboxylic acids is 1. The Bertz CT molecular complexity index is 450. The molecule has 0 unspecified atom stereocenters. The Hall–Kier alpha value is -1.35. The third-order valence-corrected chi connectivity index (χ3v) is 4.07. The van der Waals surface area contributed by atoms with Crippen molar-refractivity contribution >= 4 is 5.97 Å². The molecule has 1 aromatic rings. The summed E-state index contributed by atoms with van der Waals surface area (Å²) < 4.78 is 0. The van der Waals surface area contributed by atoms with E-state index in [-0.39, 0.29) is 0 Å². The number of carbonyl (C=O) groups is 1. The second kappa shape index (κ2) is 6.20. The van der Waals surface area contributed by atoms with E-state index in [2.05, 4.69) is 11.9 Å². The molecule has 1 aromatic carbocycles. The molecule has 104 valence electrons. The number of hydrogen-bond donors (Lipinski definition) is 1. The predicted molar refractivity (Wildman–Crippen MR) is 76.4 cm³/mol. The van der Waals surface area contributed by atoms with Gasteiger partial charge in [-0.15, -0.1) is 0 Å². The van der Waals surface area contributed by atoms with Gasteiger partial charge in [0.1, 0.15) is 0 Å². The minimum atomic E-state index is -0.853. The van der Waals surface area contributed by atoms with Gasteiger partial charge in [0.25, 0.3) is 0 Å². The number of carboxylic acid groups (broad SMARTS) is 1. The zero-order valence-electron chi connectivity index (χ0n) is 11.9. The summed E-state index contributed by atoms with van der Waals surface area (Å²) in [6.45, 7) is 4.05. The van der Waals surface area contributed by atoms with E-state index in [9.17, 15) is 4.79 Å². The highest BCUT2D eigenvalue weighted by molar-refractivity contribution is 5.87. The predicted octanol–water partition coefficient (Wildman–Crippen LogP) is 3.32. The molecule has 2 rings (SSSR count). The van der Waals surface area contributed by atoms with Gasteiger partial charge in [-0.1, -0.05) is 18.9 Å². The van der Waals surface area contributed by atoms with Crippen LogP contribution in [0.1, 0.15) is 47.2 Å². The van der Waals surface area contributed by atoms with Crippen LogP contribution in [0.15, 0.2) is 18.2 Å². The van der Waals surface area contributed by atoms with Crippen LogP contribution in [0.5, 0.6) is 0 Å². The summed E-state index contributed by atoms with van der Waals surface area (Å²) in [6, 6.07) is 5.42. The Morgan fingerprint density at radius 2 is 2.05 bits per heavy atom. The maximum Gasteiger partial charge on any atom is 0.335 e. The number of rotatable bonds is 5. The molecule has 1 aliphatic carbocycles. The molecule has 1 N–H and O–H groups in total. The van der Waals surface area contributed by atoms with Gasteiger partial charge in [0.2, 0.25) is 0 Å². The zero-order valence-corrected chi connectivity index (χ0v) is 11.9. The van der Waals surface area contributed by atoms with Crippen LogP contribution in [-0.2, 0) is 6.54 Å². The molecule has 3 nitrogen and oxygen atoms in total. The lowest BCUT2D eigenvalue weighted by atomic mass is 10.0. The fourth-order valence-electron chi connectivity index (χ4n) is 3.00. The van der Waals surface area contributed by atoms with Crippen LogP contribution in [0.2, 0.25) is 0 Å². The van der Waals surface area contributed by atoms with E-state index in [0.717, 1.165) is 24.6 Å². The minimum Gasteiger partial charge on any atom is -0.478 e. The van der Waals surface area contributed by atoms with E-state index < -0.39 is 5.97 Å². The molecule has 0 amide bonds. The first kappa shape index (κ1) is 14.1. The molecule has 19 heavy (non-hydrogen) atoms. The fraction of sp³-hybridized carbons (Fsp3) is 0.562. The highest BCUT2D eigenvalue weighted by Crippen LogP contribution is 2.25. The average Bonchev–Trinajstić information content (AvgIpc) is 2.84. The quantitative estimate of drug-likeness (QED) is 0.884. The average molecular weight is 261 g/mol. The molecule has 1 fully saturated rings. The van der Waals surface area contributed by atoms with Crippen molar-refractivity contribution in [2.75, 3.05) is 13.6 Å². The largest absolute Gasteiger partial charge is 0.478 e. The summed E-state index contributed by atoms with van der Waals surface area (Å²) in [6.07, 6.45) is 5.48. The summed E-state index contributed by atoms with van der Waals surface area (Å²) in [5.41, 5.74) is 2.67. The molecule has 0 radical (unpaired) electrons. The molecule has 1 aliphatic rings. The molecule has 0 atom stereocenters. The first-order valence-corrected chi connectivity index (χ1v) is 7.07. The number of hydrogen-bond acceptors (Lipinski definition) is 2. The standard InChI is InChI=1S/C16H23NO2/c1-12-9-14(16(18)19)7-8-15(12)11-17(2)10-13-5-3-4-6-13/h7-9,13H,3-6,10-11H2,1-2H3,(H,18,19). The van der Waals surface area contributed by atoms with Gasteiger partial charge in [-0.2, -0.15) is 0 Å². The van der Waals surface area contributed by atoms with Gasteiger partial charge < -0.3 is 10.0 Å². The van der Waals surface area contributed by atoms with Gasteiger partial charge in [-0.05, 0) is 56.0 Å². The van der Waals surface area contributed by atoms with Crippen LogP contribution >= 0.6 is 0 Å². The molecule has 0 heterocycles. The lowest BCUT2D eigenvalue weighted by molar-refractivity contribution is 0.0696. The lowest BCUT2D eigenvalue weighted by Gasteiger charge is -2.21. The van der Waals surface area contributed by atoms with Crippen LogP contribution in [0.3, 0.4) is 0 Å². The van der Waals surface area contributed by atoms with Crippen LogP contribution in [0.25, 0.3) is 0 Å². The molecular formula is C16H23NO2. The van der Waals surface area contributed by atoms with E-state index in [4.69, 9.17) is 5.11 Å². The van der Waals surface area contributed by atoms with Gasteiger partial charge in [0.05, 0.1) is 5.56 Å². The van der Waals surface area contributed by atoms with Crippen molar-refractivity contribution in [2.24, 2.45) is 5.92 Å². The molecule has 0 spiro atoms. The summed E-state index contributed by atoms with van der Waals surface area (Å²) in [5, 5.41) is 8.96. The van der Waals surface area contributed by atoms with Crippen LogP contribution in [0, 0.1) is 12.8 Å². The molecule has 0 aliphatic heterocycles. The number of aryl methyl sites for hydroxylation is 1. The van der Waals surface area contributed by atoms with Gasteiger partial charge in [-0.3, -0.25) is 0 Å². The maximum absolute atomic E-state index is 10.9. The second-order valence-corrected chi connectivity index (χ2v) is 5.79. The molecule has 0 bridgehead atoms. The summed E-state index contributed by atoms with van der Waals surface area (Å²) in [5.74, 6) is -0.00226. The SMILES string of the molecule is Cc1cc(C(=O)O)ccc1CN(C)CC1CCCC1. The Labute approximate surface area is 115 Å². The van der Waals surface area contributed by atoms with Crippen molar-refractivity contribution in [1.82, 2.24) is 4.90 Å². The van der Waals surface area contributed by atoms with Crippen molar-refractivity contribution in [3.05, 3.63) is 34.9 Å². The van der Waals surface area contributed by atoms with E-state index in [1.165, 1.54) is 31.2 Å². The zero-order chi connectivity index (χ0) is 13.8. The Kier molecular flexibility index (Phi) is 4.59. The Morgan fingerprint density at radius 1 is 1.37 bits per heavy atom. The van der Waals surface area contributed by atoms with Crippen LogP contribution in [-0.4, -0.2) is 29.6 Å². The lowest BCUT2D eigenvalue weighted by Crippen LogP contribution is -2.24. The monoisotopic (exact) mass is 261 g/mol. The fourth-order valence-corrected chi connectivity index (χ4v) is 3.00. The molecule has 0 saturated heterocycles. The van der Waals surface area contributed by atoms with Crippen LogP contribution in [0.4, 0.5) is 0 Å². The van der Waals surface area contributed by atoms with Crippen molar-refractivity contribution in [3.8, 4) is 0 Å². The van der Waals surface area contributed by atoms with Gasteiger partial charge in [0.15, 0.2) is 0 Å². The number of nitrogens with zero attached hydrogens (tertiary/aromatic N) is 1. The second-order valence-electron chi connectivity index (χ2n) is 5.79. The Balaban J connectivity index is 1.96. The summed E-state index contributed by atoms with van der Waals surface area (Å²) in [4.78, 5) is 13.3. The third-order valence-electron chi connectivity index (χ3n) is 4.07. The smallest absolute Gasteiger partial charge is 0.335 e. The van der Waals surface area contributed by atoms with E-state index in [1.54, 1.807) is 12.1 Å².